The van der Waals surface area contributed by atoms with Crippen molar-refractivity contribution >= 4 is 11.8 Å². The molecule has 0 atom stereocenters. The fourth-order valence-corrected chi connectivity index (χ4v) is 2.47. The summed E-state index contributed by atoms with van der Waals surface area (Å²) in [6.45, 7) is 2.34. The number of β-amino-alcohol motifs (C(OH)–C–C–N with tert-alkyl or cyclic N) is 1. The van der Waals surface area contributed by atoms with E-state index in [-0.39, 0.29) is 31.1 Å². The molecule has 2 rings (SSSR count). The highest BCUT2D eigenvalue weighted by Gasteiger charge is 2.42. The number of aliphatic hydroxyl groups is 1. The average Bonchev–Trinajstić information content (AvgIpc) is 2.42. The van der Waals surface area contributed by atoms with Crippen molar-refractivity contribution in [3.05, 3.63) is 35.6 Å². The molecule has 114 valence electrons. The molecule has 6 heteroatoms. The minimum atomic E-state index is -0.792. The normalized spacial score (nSPS) is 16.2. The fraction of sp³-hybridized carbons (Fsp3) is 0.467. The predicted octanol–water partition coefficient (Wildman–Crippen LogP) is 0.929. The summed E-state index contributed by atoms with van der Waals surface area (Å²) in [6.07, 6.45) is 1.50. The number of nitrogens with one attached hydrogen (secondary N) is 1. The van der Waals surface area contributed by atoms with Gasteiger partial charge in [-0.3, -0.25) is 9.59 Å². The summed E-state index contributed by atoms with van der Waals surface area (Å²) in [5.74, 6) is -1.52. The van der Waals surface area contributed by atoms with Gasteiger partial charge in [0.05, 0.1) is 30.8 Å². The van der Waals surface area contributed by atoms with Crippen molar-refractivity contribution in [2.24, 2.45) is 0 Å². The summed E-state index contributed by atoms with van der Waals surface area (Å²) >= 11 is 0. The molecule has 1 aromatic rings. The van der Waals surface area contributed by atoms with Crippen molar-refractivity contribution in [3.63, 3.8) is 0 Å². The van der Waals surface area contributed by atoms with Crippen LogP contribution in [-0.2, 0) is 4.79 Å². The standard InChI is InChI=1S/C15H19FN2O3/c1-2-7-15(21)9-18(10-15)13(19)8-17-14(20)11-5-3-4-6-12(11)16/h3-6,21H,2,7-10H2,1H3,(H,17,20). The second-order valence-electron chi connectivity index (χ2n) is 5.39. The van der Waals surface area contributed by atoms with Crippen molar-refractivity contribution in [3.8, 4) is 0 Å². The van der Waals surface area contributed by atoms with Crippen LogP contribution in [-0.4, -0.2) is 47.1 Å². The predicted molar refractivity (Wildman–Crippen MR) is 75.2 cm³/mol. The van der Waals surface area contributed by atoms with Crippen LogP contribution in [0.5, 0.6) is 0 Å². The van der Waals surface area contributed by atoms with Crippen LogP contribution in [0.15, 0.2) is 24.3 Å². The Morgan fingerprint density at radius 3 is 2.67 bits per heavy atom. The second-order valence-corrected chi connectivity index (χ2v) is 5.39. The molecule has 1 aliphatic heterocycles. The molecule has 2 N–H and O–H groups in total. The highest BCUT2D eigenvalue weighted by Crippen LogP contribution is 2.25. The monoisotopic (exact) mass is 294 g/mol. The number of carbonyl (C=O) groups excluding carboxylic acids is 2. The summed E-state index contributed by atoms with van der Waals surface area (Å²) in [5.41, 5.74) is -0.878. The van der Waals surface area contributed by atoms with E-state index in [0.29, 0.717) is 6.42 Å². The van der Waals surface area contributed by atoms with Crippen LogP contribution < -0.4 is 5.32 Å². The summed E-state index contributed by atoms with van der Waals surface area (Å²) in [6, 6.07) is 5.60. The van der Waals surface area contributed by atoms with E-state index in [9.17, 15) is 19.1 Å². The third kappa shape index (κ3) is 3.58. The van der Waals surface area contributed by atoms with Gasteiger partial charge in [0, 0.05) is 0 Å². The molecule has 0 spiro atoms. The molecule has 0 saturated carbocycles. The second kappa shape index (κ2) is 6.22. The number of nitrogens with zero attached hydrogens (tertiary/aromatic N) is 1. The molecule has 5 nitrogen and oxygen atoms in total. The number of carbonyl (C=O) groups is 2. The highest BCUT2D eigenvalue weighted by molar-refractivity contribution is 5.96. The highest BCUT2D eigenvalue weighted by atomic mass is 19.1. The smallest absolute Gasteiger partial charge is 0.254 e. The van der Waals surface area contributed by atoms with E-state index in [4.69, 9.17) is 0 Å². The first-order chi connectivity index (χ1) is 9.95. The zero-order valence-corrected chi connectivity index (χ0v) is 11.9. The van der Waals surface area contributed by atoms with Gasteiger partial charge in [-0.05, 0) is 18.6 Å². The molecule has 1 saturated heterocycles. The van der Waals surface area contributed by atoms with E-state index in [1.807, 2.05) is 6.92 Å². The van der Waals surface area contributed by atoms with Crippen molar-refractivity contribution < 1.29 is 19.1 Å². The lowest BCUT2D eigenvalue weighted by atomic mass is 9.89. The molecule has 1 aromatic carbocycles. The van der Waals surface area contributed by atoms with Crippen LogP contribution in [0.3, 0.4) is 0 Å². The Bertz CT molecular complexity index is 541. The maximum absolute atomic E-state index is 13.4. The Labute approximate surface area is 122 Å². The van der Waals surface area contributed by atoms with Crippen LogP contribution in [0.1, 0.15) is 30.1 Å². The fourth-order valence-electron chi connectivity index (χ4n) is 2.47. The molecule has 1 heterocycles. The zero-order chi connectivity index (χ0) is 15.5. The van der Waals surface area contributed by atoms with Gasteiger partial charge in [-0.1, -0.05) is 25.5 Å². The Kier molecular flexibility index (Phi) is 4.57. The van der Waals surface area contributed by atoms with Gasteiger partial charge in [-0.25, -0.2) is 4.39 Å². The van der Waals surface area contributed by atoms with Crippen molar-refractivity contribution in [1.82, 2.24) is 10.2 Å². The van der Waals surface area contributed by atoms with E-state index >= 15 is 0 Å². The molecule has 21 heavy (non-hydrogen) atoms. The van der Waals surface area contributed by atoms with Gasteiger partial charge >= 0.3 is 0 Å². The molecule has 1 aliphatic rings. The average molecular weight is 294 g/mol. The van der Waals surface area contributed by atoms with E-state index in [1.165, 1.54) is 23.1 Å². The largest absolute Gasteiger partial charge is 0.386 e. The Morgan fingerprint density at radius 2 is 2.05 bits per heavy atom. The van der Waals surface area contributed by atoms with Gasteiger partial charge in [-0.15, -0.1) is 0 Å². The lowest BCUT2D eigenvalue weighted by molar-refractivity contribution is -0.155. The number of hydrogen-bond acceptors (Lipinski definition) is 3. The molecular formula is C15H19FN2O3. The van der Waals surface area contributed by atoms with Crippen molar-refractivity contribution in [2.45, 2.75) is 25.4 Å². The van der Waals surface area contributed by atoms with Gasteiger partial charge < -0.3 is 15.3 Å². The summed E-state index contributed by atoms with van der Waals surface area (Å²) in [4.78, 5) is 25.1. The van der Waals surface area contributed by atoms with E-state index in [2.05, 4.69) is 5.32 Å². The molecule has 0 aliphatic carbocycles. The third-order valence-corrected chi connectivity index (χ3v) is 3.56. The number of halogens is 1. The quantitative estimate of drug-likeness (QED) is 0.849. The van der Waals surface area contributed by atoms with Crippen LogP contribution >= 0.6 is 0 Å². The van der Waals surface area contributed by atoms with Gasteiger partial charge in [0.15, 0.2) is 0 Å². The zero-order valence-electron chi connectivity index (χ0n) is 11.9. The minimum Gasteiger partial charge on any atom is -0.386 e. The van der Waals surface area contributed by atoms with Gasteiger partial charge in [0.25, 0.3) is 5.91 Å². The van der Waals surface area contributed by atoms with Crippen molar-refractivity contribution in [1.29, 1.82) is 0 Å². The van der Waals surface area contributed by atoms with Gasteiger partial charge in [0.2, 0.25) is 5.91 Å². The third-order valence-electron chi connectivity index (χ3n) is 3.56. The minimum absolute atomic E-state index is 0.0867. The summed E-state index contributed by atoms with van der Waals surface area (Å²) in [7, 11) is 0. The maximum Gasteiger partial charge on any atom is 0.254 e. The number of likely N-dealkylation sites (tertiary alicyclic amines) is 1. The summed E-state index contributed by atoms with van der Waals surface area (Å²) in [5, 5.41) is 12.4. The number of hydrogen-bond donors (Lipinski definition) is 2. The molecular weight excluding hydrogens is 275 g/mol. The number of benzene rings is 1. The topological polar surface area (TPSA) is 69.6 Å². The number of rotatable bonds is 5. The molecule has 0 bridgehead atoms. The van der Waals surface area contributed by atoms with Gasteiger partial charge in [-0.2, -0.15) is 0 Å². The molecule has 0 radical (unpaired) electrons. The first-order valence-electron chi connectivity index (χ1n) is 6.98. The maximum atomic E-state index is 13.4. The van der Waals surface area contributed by atoms with E-state index in [0.717, 1.165) is 6.42 Å². The Hall–Kier alpha value is -1.95. The lowest BCUT2D eigenvalue weighted by Gasteiger charge is -2.46. The molecule has 2 amide bonds. The van der Waals surface area contributed by atoms with Crippen molar-refractivity contribution in [2.75, 3.05) is 19.6 Å². The number of amides is 2. The van der Waals surface area contributed by atoms with Crippen LogP contribution in [0.25, 0.3) is 0 Å². The van der Waals surface area contributed by atoms with Crippen LogP contribution in [0.4, 0.5) is 4.39 Å². The SMILES string of the molecule is CCCC1(O)CN(C(=O)CNC(=O)c2ccccc2F)C1. The summed E-state index contributed by atoms with van der Waals surface area (Å²) < 4.78 is 13.4. The Balaban J connectivity index is 1.81. The Morgan fingerprint density at radius 1 is 1.38 bits per heavy atom. The first kappa shape index (κ1) is 15.4. The molecule has 1 fully saturated rings. The van der Waals surface area contributed by atoms with Gasteiger partial charge in [0.1, 0.15) is 5.82 Å². The van der Waals surface area contributed by atoms with E-state index < -0.39 is 17.3 Å². The molecule has 0 aromatic heterocycles. The van der Waals surface area contributed by atoms with Crippen LogP contribution in [0.2, 0.25) is 0 Å². The van der Waals surface area contributed by atoms with E-state index in [1.54, 1.807) is 6.07 Å². The lowest BCUT2D eigenvalue weighted by Crippen LogP contribution is -2.64. The first-order valence-corrected chi connectivity index (χ1v) is 6.98. The van der Waals surface area contributed by atoms with Crippen LogP contribution in [0, 0.1) is 5.82 Å². The molecule has 0 unspecified atom stereocenters.